The van der Waals surface area contributed by atoms with Crippen molar-refractivity contribution in [3.63, 3.8) is 0 Å². The molecule has 2 aliphatic rings. The van der Waals surface area contributed by atoms with Gasteiger partial charge in [0.05, 0.1) is 32.0 Å². The molecule has 6 rings (SSSR count). The minimum atomic E-state index is -0.716. The highest BCUT2D eigenvalue weighted by molar-refractivity contribution is 7.93. The summed E-state index contributed by atoms with van der Waals surface area (Å²) in [6.07, 6.45) is 10.3. The monoisotopic (exact) mass is 1110 g/mol. The minimum Gasteiger partial charge on any atom is -0.481 e. The van der Waals surface area contributed by atoms with Crippen LogP contribution in [0.5, 0.6) is 0 Å². The Morgan fingerprint density at radius 2 is 0.974 bits per heavy atom. The second kappa shape index (κ2) is 34.0. The van der Waals surface area contributed by atoms with Crippen LogP contribution in [0, 0.1) is 61.2 Å². The van der Waals surface area contributed by atoms with Crippen molar-refractivity contribution in [3.05, 3.63) is 104 Å². The van der Waals surface area contributed by atoms with Crippen LogP contribution in [0.4, 0.5) is 0 Å². The average molecular weight is 1110 g/mol. The Morgan fingerprint density at radius 1 is 0.645 bits per heavy atom. The second-order valence-corrected chi connectivity index (χ2v) is 20.7. The lowest BCUT2D eigenvalue weighted by atomic mass is 9.79. The second-order valence-electron chi connectivity index (χ2n) is 19.6. The first-order valence-electron chi connectivity index (χ1n) is 24.9. The number of aliphatic hydroxyl groups excluding tert-OH is 1. The molecule has 0 bridgehead atoms. The third kappa shape index (κ3) is 21.8. The Hall–Kier alpha value is -4.97. The van der Waals surface area contributed by atoms with Crippen molar-refractivity contribution in [2.45, 2.75) is 158 Å². The zero-order chi connectivity index (χ0) is 55.2. The minimum absolute atomic E-state index is 0. The predicted molar refractivity (Wildman–Crippen MR) is 306 cm³/mol. The zero-order valence-corrected chi connectivity index (χ0v) is 47.3. The fraction of sp³-hybridized carbons (Fsp3) is 0.559. The lowest BCUT2D eigenvalue weighted by molar-refractivity contribution is -0.147. The molecule has 0 atom stereocenters. The number of aryl methyl sites for hydroxylation is 2. The molecule has 0 amide bonds. The highest BCUT2D eigenvalue weighted by atomic mass is 35.5. The van der Waals surface area contributed by atoms with Gasteiger partial charge in [-0.1, -0.05) is 86.4 Å². The van der Waals surface area contributed by atoms with Crippen LogP contribution >= 0.6 is 35.2 Å². The van der Waals surface area contributed by atoms with Crippen molar-refractivity contribution in [1.29, 1.82) is 0 Å². The number of aromatic nitrogens is 4. The van der Waals surface area contributed by atoms with E-state index in [1.807, 2.05) is 90.1 Å². The Bertz CT molecular complexity index is 2570. The number of carbonyl (C=O) groups is 4. The number of imidazole rings is 2. The van der Waals surface area contributed by atoms with Crippen LogP contribution in [-0.4, -0.2) is 103 Å². The van der Waals surface area contributed by atoms with Crippen molar-refractivity contribution in [2.24, 2.45) is 23.7 Å². The molecule has 76 heavy (non-hydrogen) atoms. The molecule has 2 saturated carbocycles. The van der Waals surface area contributed by atoms with Gasteiger partial charge in [0.2, 0.25) is 10.6 Å². The van der Waals surface area contributed by atoms with E-state index in [1.54, 1.807) is 29.6 Å². The van der Waals surface area contributed by atoms with Gasteiger partial charge in [-0.3, -0.25) is 19.2 Å². The van der Waals surface area contributed by atoms with E-state index in [9.17, 15) is 24.3 Å². The van der Waals surface area contributed by atoms with Crippen LogP contribution in [0.15, 0.2) is 48.5 Å². The van der Waals surface area contributed by atoms with Crippen molar-refractivity contribution >= 4 is 58.7 Å². The summed E-state index contributed by atoms with van der Waals surface area (Å²) in [5.41, 5.74) is 4.61. The van der Waals surface area contributed by atoms with E-state index in [4.69, 9.17) is 47.1 Å². The lowest BCUT2D eigenvalue weighted by Crippen LogP contribution is -2.23. The van der Waals surface area contributed by atoms with E-state index in [0.717, 1.165) is 92.8 Å². The molecule has 0 radical (unpaired) electrons. The van der Waals surface area contributed by atoms with E-state index in [2.05, 4.69) is 33.6 Å². The number of benzene rings is 2. The van der Waals surface area contributed by atoms with Gasteiger partial charge in [0.25, 0.3) is 0 Å². The summed E-state index contributed by atoms with van der Waals surface area (Å²) in [6.45, 7) is 12.3. The average Bonchev–Trinajstić information content (AvgIpc) is 3.89. The maximum absolute atomic E-state index is 13.5. The summed E-state index contributed by atoms with van der Waals surface area (Å²) in [5.74, 6) is 11.7. The van der Waals surface area contributed by atoms with E-state index in [-0.39, 0.29) is 54.8 Å². The number of carboxylic acid groups (broad SMARTS) is 1. The first-order chi connectivity index (χ1) is 35.1. The molecule has 0 aliphatic heterocycles. The van der Waals surface area contributed by atoms with Crippen molar-refractivity contribution < 1.29 is 48.2 Å². The smallest absolute Gasteiger partial charge is 0.308 e. The quantitative estimate of drug-likeness (QED) is 0.0416. The van der Waals surface area contributed by atoms with Gasteiger partial charge >= 0.3 is 11.9 Å². The maximum atomic E-state index is 13.5. The van der Waals surface area contributed by atoms with Gasteiger partial charge in [0, 0.05) is 40.4 Å². The number of aliphatic hydroxyl groups is 1. The van der Waals surface area contributed by atoms with Crippen LogP contribution < -0.4 is 0 Å². The Balaban J connectivity index is 0.000000684. The van der Waals surface area contributed by atoms with Gasteiger partial charge in [0.1, 0.15) is 34.0 Å². The first kappa shape index (κ1) is 69.0. The Kier molecular flexibility index (Phi) is 30.9. The molecular weight excluding hydrogens is 1030 g/mol. The fourth-order valence-corrected chi connectivity index (χ4v) is 9.07. The molecule has 2 fully saturated rings. The van der Waals surface area contributed by atoms with Gasteiger partial charge < -0.3 is 38.1 Å². The molecule has 0 unspecified atom stereocenters. The lowest BCUT2D eigenvalue weighted by Gasteiger charge is -2.26. The number of methoxy groups -OCH3 is 3. The number of hydrogen-bond acceptors (Lipinski definition) is 12. The van der Waals surface area contributed by atoms with Crippen molar-refractivity contribution in [1.82, 2.24) is 19.1 Å². The van der Waals surface area contributed by atoms with E-state index in [1.165, 1.54) is 7.11 Å². The summed E-state index contributed by atoms with van der Waals surface area (Å²) >= 11 is 13.8. The number of hydrogen-bond donors (Lipinski definition) is 3. The molecule has 2 heterocycles. The maximum Gasteiger partial charge on any atom is 0.308 e. The summed E-state index contributed by atoms with van der Waals surface area (Å²) in [5, 5.41) is 16.7. The largest absolute Gasteiger partial charge is 0.481 e. The van der Waals surface area contributed by atoms with Crippen molar-refractivity contribution in [3.8, 4) is 23.7 Å². The molecule has 2 aromatic carbocycles. The molecule has 2 aliphatic carbocycles. The number of esters is 1. The molecule has 14 nitrogen and oxygen atoms in total. The highest BCUT2D eigenvalue weighted by Gasteiger charge is 2.30. The molecule has 4 aromatic rings. The Labute approximate surface area is 467 Å². The summed E-state index contributed by atoms with van der Waals surface area (Å²) in [4.78, 5) is 58.8. The number of rotatable bonds is 16. The van der Waals surface area contributed by atoms with Crippen LogP contribution in [-0.2, 0) is 36.9 Å². The first-order valence-corrected chi connectivity index (χ1v) is 26.9. The van der Waals surface area contributed by atoms with E-state index < -0.39 is 17.2 Å². The number of ketones is 2. The third-order valence-corrected chi connectivity index (χ3v) is 14.0. The molecule has 2 aromatic heterocycles. The van der Waals surface area contributed by atoms with Crippen molar-refractivity contribution in [2.75, 3.05) is 34.7 Å². The number of halogens is 2. The van der Waals surface area contributed by atoms with Crippen LogP contribution in [0.2, 0.25) is 10.6 Å². The third-order valence-electron chi connectivity index (χ3n) is 13.4. The number of aliphatic carboxylic acids is 1. The van der Waals surface area contributed by atoms with Gasteiger partial charge in [0.15, 0.2) is 11.6 Å². The van der Waals surface area contributed by atoms with Crippen LogP contribution in [0.3, 0.4) is 0 Å². The van der Waals surface area contributed by atoms with Gasteiger partial charge in [-0.2, -0.15) is 0 Å². The predicted octanol–water partition coefficient (Wildman–Crippen LogP) is 12.8. The summed E-state index contributed by atoms with van der Waals surface area (Å²) in [6, 6.07) is 16.2. The SMILES string of the molecule is C.C.CO.COC(=O)C1CCC(CCC(=O)c2c(C#CC(C)(C)OC)nc(Cl)n2Cc2ccc(C)cc2)CC1.COC(C)(C)C#Cc1nc(Cl)n(Cc2ccc(C)cc2)c1C(=O)CCC1CCC(C(=O)O)CC1.CSO. The van der Waals surface area contributed by atoms with Crippen LogP contribution in [0.1, 0.15) is 174 Å². The number of Topliss-reactive ketones (excluding diaryl/α,β-unsaturated/α-hetero) is 2. The molecule has 0 saturated heterocycles. The topological polar surface area (TPSA) is 192 Å². The number of carbonyl (C=O) groups excluding carboxylic acids is 3. The van der Waals surface area contributed by atoms with E-state index in [0.29, 0.717) is 73.4 Å². The highest BCUT2D eigenvalue weighted by Crippen LogP contribution is 2.34. The standard InChI is InChI=1S/C28H35ClN2O4.C27H33ClN2O4.CH4OS.CH4O.2CH4/c1-19-6-8-21(9-7-19)18-31-25(23(30-27(31)29)16-17-28(2,3)35-5)24(32)15-12-20-10-13-22(14-11-20)26(33)34-4;1-18-5-7-20(8-6-18)17-30-24(22(29-26(30)28)15-16-27(2,3)34-4)23(31)14-11-19-9-12-21(13-10-19)25(32)33;1-3-2;1-2;;/h6-9,20,22H,10-15,18H2,1-5H3;5-8,19,21H,9-14,17H2,1-4H3,(H,32,33);2H,1H3;2H,1H3;2*1H4. The normalized spacial score (nSPS) is 16.8. The zero-order valence-electron chi connectivity index (χ0n) is 45.0. The van der Waals surface area contributed by atoms with Crippen LogP contribution in [0.25, 0.3) is 0 Å². The number of carboxylic acids is 1. The Morgan fingerprint density at radius 3 is 1.28 bits per heavy atom. The molecule has 420 valence electrons. The molecule has 0 spiro atoms. The van der Waals surface area contributed by atoms with Gasteiger partial charge in [-0.25, -0.2) is 9.97 Å². The fourth-order valence-electron chi connectivity index (χ4n) is 8.61. The molecule has 17 heteroatoms. The van der Waals surface area contributed by atoms with E-state index >= 15 is 0 Å². The number of ether oxygens (including phenoxy) is 3. The number of nitrogens with zero attached hydrogens (tertiary/aromatic N) is 4. The summed E-state index contributed by atoms with van der Waals surface area (Å²) in [7, 11) is 5.62. The molecular formula is C59H84Cl2N4O10S. The molecule has 3 N–H and O–H groups in total. The summed E-state index contributed by atoms with van der Waals surface area (Å²) < 4.78 is 26.7. The van der Waals surface area contributed by atoms with Gasteiger partial charge in [-0.15, -0.1) is 0 Å². The van der Waals surface area contributed by atoms with Gasteiger partial charge in [-0.05, 0) is 176 Å².